The number of nitrogens with zero attached hydrogens (tertiary/aromatic N) is 1. The van der Waals surface area contributed by atoms with Crippen LogP contribution in [-0.2, 0) is 0 Å². The van der Waals surface area contributed by atoms with Gasteiger partial charge in [-0.2, -0.15) is 0 Å². The smallest absolute Gasteiger partial charge is 0.253 e. The monoisotopic (exact) mass is 356 g/mol. The average Bonchev–Trinajstić information content (AvgIpc) is 2.62. The maximum atomic E-state index is 12.6. The first-order valence-corrected chi connectivity index (χ1v) is 9.09. The number of carbonyl (C=O) groups excluding carboxylic acids is 1. The maximum Gasteiger partial charge on any atom is 0.253 e. The average molecular weight is 356 g/mol. The van der Waals surface area contributed by atoms with Crippen molar-refractivity contribution in [3.63, 3.8) is 0 Å². The zero-order valence-corrected chi connectivity index (χ0v) is 16.2. The molecule has 140 valence electrons. The van der Waals surface area contributed by atoms with Gasteiger partial charge in [0.05, 0.1) is 24.8 Å². The highest BCUT2D eigenvalue weighted by atomic mass is 16.5. The summed E-state index contributed by atoms with van der Waals surface area (Å²) in [7, 11) is 0. The Labute approximate surface area is 155 Å². The summed E-state index contributed by atoms with van der Waals surface area (Å²) in [5.74, 6) is 1.49. The van der Waals surface area contributed by atoms with Crippen molar-refractivity contribution in [2.75, 3.05) is 13.2 Å². The lowest BCUT2D eigenvalue weighted by molar-refractivity contribution is 0.0925. The number of aromatic nitrogens is 1. The predicted octanol–water partition coefficient (Wildman–Crippen LogP) is 4.31. The first-order chi connectivity index (χ1) is 12.5. The number of hydrogen-bond donors (Lipinski definition) is 1. The van der Waals surface area contributed by atoms with Gasteiger partial charge in [0.1, 0.15) is 0 Å². The highest BCUT2D eigenvalue weighted by Crippen LogP contribution is 2.33. The zero-order chi connectivity index (χ0) is 19.1. The molecule has 0 aliphatic heterocycles. The van der Waals surface area contributed by atoms with E-state index in [2.05, 4.69) is 24.1 Å². The molecule has 0 bridgehead atoms. The SMILES string of the molecule is CCOc1ccc([C@H](NC(=O)c2ccc(C)nc2)C(C)C)cc1OCC. The Morgan fingerprint density at radius 1 is 1.08 bits per heavy atom. The maximum absolute atomic E-state index is 12.6. The van der Waals surface area contributed by atoms with Crippen LogP contribution in [0.25, 0.3) is 0 Å². The quantitative estimate of drug-likeness (QED) is 0.765. The van der Waals surface area contributed by atoms with E-state index in [9.17, 15) is 4.79 Å². The normalized spacial score (nSPS) is 11.9. The van der Waals surface area contributed by atoms with Crippen molar-refractivity contribution < 1.29 is 14.3 Å². The standard InChI is InChI=1S/C21H28N2O3/c1-6-25-18-11-10-16(12-19(18)26-7-2)20(14(3)4)23-21(24)17-9-8-15(5)22-13-17/h8-14,20H,6-7H2,1-5H3,(H,23,24)/t20-/m1/s1. The van der Waals surface area contributed by atoms with Gasteiger partial charge >= 0.3 is 0 Å². The van der Waals surface area contributed by atoms with Gasteiger partial charge in [-0.3, -0.25) is 9.78 Å². The molecule has 26 heavy (non-hydrogen) atoms. The summed E-state index contributed by atoms with van der Waals surface area (Å²) >= 11 is 0. The second-order valence-electron chi connectivity index (χ2n) is 6.46. The van der Waals surface area contributed by atoms with Gasteiger partial charge in [0, 0.05) is 11.9 Å². The summed E-state index contributed by atoms with van der Waals surface area (Å²) in [6.45, 7) is 11.1. The summed E-state index contributed by atoms with van der Waals surface area (Å²) < 4.78 is 11.3. The highest BCUT2D eigenvalue weighted by molar-refractivity contribution is 5.94. The minimum atomic E-state index is -0.140. The third-order valence-corrected chi connectivity index (χ3v) is 4.05. The molecule has 0 saturated carbocycles. The van der Waals surface area contributed by atoms with E-state index in [-0.39, 0.29) is 17.9 Å². The third-order valence-electron chi connectivity index (χ3n) is 4.05. The van der Waals surface area contributed by atoms with E-state index in [1.54, 1.807) is 12.3 Å². The van der Waals surface area contributed by atoms with E-state index in [0.29, 0.717) is 24.5 Å². The molecule has 1 aromatic heterocycles. The summed E-state index contributed by atoms with van der Waals surface area (Å²) in [5.41, 5.74) is 2.42. The van der Waals surface area contributed by atoms with Crippen LogP contribution in [0.4, 0.5) is 0 Å². The molecule has 0 fully saturated rings. The van der Waals surface area contributed by atoms with Crippen LogP contribution in [0.15, 0.2) is 36.5 Å². The number of benzene rings is 1. The minimum Gasteiger partial charge on any atom is -0.490 e. The Kier molecular flexibility index (Phi) is 7.01. The Morgan fingerprint density at radius 2 is 1.77 bits per heavy atom. The Balaban J connectivity index is 2.27. The van der Waals surface area contributed by atoms with Gasteiger partial charge in [0.2, 0.25) is 0 Å². The Bertz CT molecular complexity index is 727. The summed E-state index contributed by atoms with van der Waals surface area (Å²) in [6, 6.07) is 9.32. The molecule has 1 atom stereocenters. The first kappa shape index (κ1) is 19.8. The molecule has 0 radical (unpaired) electrons. The second-order valence-corrected chi connectivity index (χ2v) is 6.46. The van der Waals surface area contributed by atoms with Crippen molar-refractivity contribution in [2.24, 2.45) is 5.92 Å². The molecule has 0 spiro atoms. The van der Waals surface area contributed by atoms with Crippen molar-refractivity contribution >= 4 is 5.91 Å². The van der Waals surface area contributed by atoms with E-state index in [0.717, 1.165) is 17.0 Å². The number of pyridine rings is 1. The van der Waals surface area contributed by atoms with Gasteiger partial charge in [0.25, 0.3) is 5.91 Å². The number of hydrogen-bond acceptors (Lipinski definition) is 4. The molecule has 0 saturated heterocycles. The fourth-order valence-corrected chi connectivity index (χ4v) is 2.72. The van der Waals surface area contributed by atoms with Crippen molar-refractivity contribution in [1.29, 1.82) is 0 Å². The van der Waals surface area contributed by atoms with Crippen LogP contribution in [-0.4, -0.2) is 24.1 Å². The topological polar surface area (TPSA) is 60.5 Å². The highest BCUT2D eigenvalue weighted by Gasteiger charge is 2.21. The van der Waals surface area contributed by atoms with Gasteiger partial charge in [-0.05, 0) is 56.5 Å². The molecule has 2 rings (SSSR count). The first-order valence-electron chi connectivity index (χ1n) is 9.09. The lowest BCUT2D eigenvalue weighted by Gasteiger charge is -2.24. The minimum absolute atomic E-state index is 0.136. The molecule has 1 amide bonds. The molecule has 0 unspecified atom stereocenters. The van der Waals surface area contributed by atoms with Crippen LogP contribution in [0, 0.1) is 12.8 Å². The molecule has 1 heterocycles. The Morgan fingerprint density at radius 3 is 2.35 bits per heavy atom. The third kappa shape index (κ3) is 4.97. The number of aryl methyl sites for hydroxylation is 1. The zero-order valence-electron chi connectivity index (χ0n) is 16.2. The predicted molar refractivity (Wildman–Crippen MR) is 103 cm³/mol. The lowest BCUT2D eigenvalue weighted by Crippen LogP contribution is -2.31. The van der Waals surface area contributed by atoms with Crippen LogP contribution >= 0.6 is 0 Å². The van der Waals surface area contributed by atoms with Crippen molar-refractivity contribution in [3.05, 3.63) is 53.3 Å². The van der Waals surface area contributed by atoms with E-state index < -0.39 is 0 Å². The van der Waals surface area contributed by atoms with Crippen molar-refractivity contribution in [1.82, 2.24) is 10.3 Å². The van der Waals surface area contributed by atoms with Gasteiger partial charge in [-0.25, -0.2) is 0 Å². The summed E-state index contributed by atoms with van der Waals surface area (Å²) in [4.78, 5) is 16.8. The van der Waals surface area contributed by atoms with E-state index in [1.165, 1.54) is 0 Å². The largest absolute Gasteiger partial charge is 0.490 e. The van der Waals surface area contributed by atoms with Gasteiger partial charge in [-0.15, -0.1) is 0 Å². The molecule has 0 aliphatic carbocycles. The molecule has 1 N–H and O–H groups in total. The van der Waals surface area contributed by atoms with E-state index in [4.69, 9.17) is 9.47 Å². The van der Waals surface area contributed by atoms with Crippen LogP contribution in [0.2, 0.25) is 0 Å². The summed E-state index contributed by atoms with van der Waals surface area (Å²) in [5, 5.41) is 3.11. The molecule has 1 aromatic carbocycles. The van der Waals surface area contributed by atoms with Crippen LogP contribution in [0.5, 0.6) is 11.5 Å². The lowest BCUT2D eigenvalue weighted by atomic mass is 9.95. The van der Waals surface area contributed by atoms with Crippen molar-refractivity contribution in [2.45, 2.75) is 40.7 Å². The van der Waals surface area contributed by atoms with Crippen LogP contribution < -0.4 is 14.8 Å². The second kappa shape index (κ2) is 9.22. The molecule has 2 aromatic rings. The van der Waals surface area contributed by atoms with E-state index in [1.807, 2.05) is 45.0 Å². The van der Waals surface area contributed by atoms with Gasteiger partial charge in [0.15, 0.2) is 11.5 Å². The molecule has 5 heteroatoms. The fraction of sp³-hybridized carbons (Fsp3) is 0.429. The molecule has 0 aliphatic rings. The number of rotatable bonds is 8. The van der Waals surface area contributed by atoms with Crippen LogP contribution in [0.1, 0.15) is 55.4 Å². The molecule has 5 nitrogen and oxygen atoms in total. The number of amides is 1. The van der Waals surface area contributed by atoms with Gasteiger partial charge in [-0.1, -0.05) is 19.9 Å². The number of nitrogens with one attached hydrogen (secondary N) is 1. The summed E-state index contributed by atoms with van der Waals surface area (Å²) in [6.07, 6.45) is 1.60. The Hall–Kier alpha value is -2.56. The van der Waals surface area contributed by atoms with E-state index >= 15 is 0 Å². The molecular weight excluding hydrogens is 328 g/mol. The van der Waals surface area contributed by atoms with Crippen LogP contribution in [0.3, 0.4) is 0 Å². The fourth-order valence-electron chi connectivity index (χ4n) is 2.72. The molecular formula is C21H28N2O3. The van der Waals surface area contributed by atoms with Crippen molar-refractivity contribution in [3.8, 4) is 11.5 Å². The number of carbonyl (C=O) groups is 1. The number of ether oxygens (including phenoxy) is 2. The van der Waals surface area contributed by atoms with Gasteiger partial charge < -0.3 is 14.8 Å².